The van der Waals surface area contributed by atoms with E-state index >= 15 is 0 Å². The average Bonchev–Trinajstić information content (AvgIpc) is 3.60. The monoisotopic (exact) mass is 1280 g/mol. The highest BCUT2D eigenvalue weighted by molar-refractivity contribution is 7.47. The van der Waals surface area contributed by atoms with E-state index in [0.29, 0.717) is 25.7 Å². The Morgan fingerprint density at radius 1 is 0.310 bits per heavy atom. The maximum atomic E-state index is 13.0. The quantitative estimate of drug-likeness (QED) is 0.0222. The van der Waals surface area contributed by atoms with Crippen LogP contribution in [0.1, 0.15) is 349 Å². The zero-order chi connectivity index (χ0) is 64.2. The first-order valence-corrected chi connectivity index (χ1v) is 38.6. The van der Waals surface area contributed by atoms with Crippen molar-refractivity contribution < 1.29 is 80.2 Å². The van der Waals surface area contributed by atoms with Crippen LogP contribution in [-0.2, 0) is 65.4 Å². The SMILES string of the molecule is CCCCCCCCCCCCCCCCC(=O)OC[C@H](COP(=O)(O)OC[C@@H](O)COP(=O)(O)OC[C@@H](COC(=O)CCCCCCCCC)OC(=O)CCCCCCCCCCCC(C)C)OC(=O)CCCCCCCCCCCCCCCC. The van der Waals surface area contributed by atoms with Crippen molar-refractivity contribution in [3.8, 4) is 0 Å². The van der Waals surface area contributed by atoms with Crippen LogP contribution < -0.4 is 0 Å². The van der Waals surface area contributed by atoms with E-state index in [-0.39, 0.29) is 25.7 Å². The van der Waals surface area contributed by atoms with Crippen LogP contribution in [0.15, 0.2) is 0 Å². The highest BCUT2D eigenvalue weighted by Crippen LogP contribution is 2.45. The Hall–Kier alpha value is -1.94. The molecule has 3 N–H and O–H groups in total. The maximum absolute atomic E-state index is 13.0. The van der Waals surface area contributed by atoms with Crippen LogP contribution in [0.25, 0.3) is 0 Å². The number of aliphatic hydroxyl groups is 1. The fourth-order valence-corrected chi connectivity index (χ4v) is 11.9. The number of ether oxygens (including phenoxy) is 4. The number of hydrogen-bond acceptors (Lipinski definition) is 15. The van der Waals surface area contributed by atoms with Gasteiger partial charge in [0.25, 0.3) is 0 Å². The number of aliphatic hydroxyl groups excluding tert-OH is 1. The summed E-state index contributed by atoms with van der Waals surface area (Å²) in [6.07, 6.45) is 47.2. The molecule has 0 aliphatic rings. The second kappa shape index (κ2) is 61.6. The lowest BCUT2D eigenvalue weighted by molar-refractivity contribution is -0.161. The van der Waals surface area contributed by atoms with E-state index in [9.17, 15) is 43.2 Å². The van der Waals surface area contributed by atoms with Gasteiger partial charge in [-0.25, -0.2) is 9.13 Å². The van der Waals surface area contributed by atoms with Gasteiger partial charge in [-0.1, -0.05) is 298 Å². The van der Waals surface area contributed by atoms with E-state index < -0.39 is 97.5 Å². The van der Waals surface area contributed by atoms with Crippen LogP contribution in [0.4, 0.5) is 0 Å². The third-order valence-electron chi connectivity index (χ3n) is 15.8. The molecule has 0 amide bonds. The van der Waals surface area contributed by atoms with Gasteiger partial charge in [-0.3, -0.25) is 37.3 Å². The number of unbranched alkanes of at least 4 members (excludes halogenated alkanes) is 40. The Labute approximate surface area is 530 Å². The second-order valence-electron chi connectivity index (χ2n) is 25.0. The van der Waals surface area contributed by atoms with Crippen LogP contribution in [0, 0.1) is 5.92 Å². The number of esters is 4. The molecule has 516 valence electrons. The molecule has 0 heterocycles. The Morgan fingerprint density at radius 2 is 0.529 bits per heavy atom. The van der Waals surface area contributed by atoms with Gasteiger partial charge in [-0.15, -0.1) is 0 Å². The van der Waals surface area contributed by atoms with E-state index in [1.165, 1.54) is 161 Å². The summed E-state index contributed by atoms with van der Waals surface area (Å²) in [5.41, 5.74) is 0. The van der Waals surface area contributed by atoms with Gasteiger partial charge in [0.1, 0.15) is 19.3 Å². The van der Waals surface area contributed by atoms with Crippen LogP contribution in [0.5, 0.6) is 0 Å². The first-order valence-electron chi connectivity index (χ1n) is 35.6. The van der Waals surface area contributed by atoms with Crippen LogP contribution in [0.2, 0.25) is 0 Å². The Balaban J connectivity index is 5.21. The van der Waals surface area contributed by atoms with Crippen molar-refractivity contribution in [3.63, 3.8) is 0 Å². The molecule has 19 heteroatoms. The fourth-order valence-electron chi connectivity index (χ4n) is 10.3. The number of carbonyl (C=O) groups is 4. The van der Waals surface area contributed by atoms with E-state index in [1.807, 2.05) is 0 Å². The molecule has 0 aromatic heterocycles. The topological polar surface area (TPSA) is 237 Å². The number of phosphoric acid groups is 2. The molecule has 0 rings (SSSR count). The predicted molar refractivity (Wildman–Crippen MR) is 349 cm³/mol. The zero-order valence-corrected chi connectivity index (χ0v) is 57.9. The van der Waals surface area contributed by atoms with Gasteiger partial charge >= 0.3 is 39.5 Å². The standard InChI is InChI=1S/C68H132O17P2/c1-6-9-12-15-18-20-22-24-26-28-32-37-42-47-52-66(71)79-58-64(85-67(72)53-48-43-38-33-29-27-25-23-21-19-16-13-10-7-2)60-83-87(76,77)81-56-62(69)55-80-86(74,75)82-59-63(57-78-65(70)51-46-41-35-17-14-11-8-3)84-68(73)54-49-44-39-34-30-31-36-40-45-50-61(4)5/h61-64,69H,6-60H2,1-5H3,(H,74,75)(H,76,77)/t62-,63+,64+/m0/s1. The summed E-state index contributed by atoms with van der Waals surface area (Å²) in [6.45, 7) is 7.17. The number of carbonyl (C=O) groups excluding carboxylic acids is 4. The van der Waals surface area contributed by atoms with Crippen molar-refractivity contribution in [2.24, 2.45) is 5.92 Å². The lowest BCUT2D eigenvalue weighted by Crippen LogP contribution is -2.30. The Morgan fingerprint density at radius 3 is 0.782 bits per heavy atom. The van der Waals surface area contributed by atoms with E-state index in [4.69, 9.17) is 37.0 Å². The summed E-state index contributed by atoms with van der Waals surface area (Å²) < 4.78 is 68.1. The van der Waals surface area contributed by atoms with Crippen LogP contribution in [0.3, 0.4) is 0 Å². The minimum Gasteiger partial charge on any atom is -0.462 e. The van der Waals surface area contributed by atoms with Crippen molar-refractivity contribution in [2.75, 3.05) is 39.6 Å². The van der Waals surface area contributed by atoms with Gasteiger partial charge in [0.15, 0.2) is 12.2 Å². The molecular formula is C68H132O17P2. The van der Waals surface area contributed by atoms with E-state index in [2.05, 4.69) is 34.6 Å². The Bertz CT molecular complexity index is 1690. The predicted octanol–water partition coefficient (Wildman–Crippen LogP) is 19.4. The first kappa shape index (κ1) is 85.1. The molecule has 0 spiro atoms. The van der Waals surface area contributed by atoms with E-state index in [0.717, 1.165) is 109 Å². The maximum Gasteiger partial charge on any atom is 0.472 e. The Kier molecular flexibility index (Phi) is 60.2. The molecule has 2 unspecified atom stereocenters. The summed E-state index contributed by atoms with van der Waals surface area (Å²) in [7, 11) is -9.89. The highest BCUT2D eigenvalue weighted by Gasteiger charge is 2.30. The van der Waals surface area contributed by atoms with E-state index in [1.54, 1.807) is 0 Å². The third-order valence-corrected chi connectivity index (χ3v) is 17.7. The van der Waals surface area contributed by atoms with Crippen LogP contribution >= 0.6 is 15.6 Å². The smallest absolute Gasteiger partial charge is 0.462 e. The molecule has 0 aliphatic carbocycles. The molecule has 0 aromatic rings. The number of rotatable bonds is 68. The summed E-state index contributed by atoms with van der Waals surface area (Å²) in [5.74, 6) is -1.39. The average molecular weight is 1280 g/mol. The third kappa shape index (κ3) is 62.6. The molecule has 0 saturated carbocycles. The zero-order valence-electron chi connectivity index (χ0n) is 56.2. The molecule has 87 heavy (non-hydrogen) atoms. The number of phosphoric ester groups is 2. The molecule has 17 nitrogen and oxygen atoms in total. The van der Waals surface area contributed by atoms with Crippen molar-refractivity contribution in [1.29, 1.82) is 0 Å². The molecule has 0 saturated heterocycles. The minimum absolute atomic E-state index is 0.105. The van der Waals surface area contributed by atoms with Gasteiger partial charge in [0.05, 0.1) is 26.4 Å². The van der Waals surface area contributed by atoms with Gasteiger partial charge < -0.3 is 33.8 Å². The molecule has 5 atom stereocenters. The molecule has 0 radical (unpaired) electrons. The fraction of sp³-hybridized carbons (Fsp3) is 0.941. The molecule has 0 aliphatic heterocycles. The first-order chi connectivity index (χ1) is 42.0. The van der Waals surface area contributed by atoms with Crippen molar-refractivity contribution in [2.45, 2.75) is 368 Å². The summed E-state index contributed by atoms with van der Waals surface area (Å²) in [6, 6.07) is 0. The summed E-state index contributed by atoms with van der Waals surface area (Å²) in [5, 5.41) is 10.6. The van der Waals surface area contributed by atoms with Gasteiger partial charge in [0, 0.05) is 25.7 Å². The molecular weight excluding hydrogens is 1150 g/mol. The summed E-state index contributed by atoms with van der Waals surface area (Å²) in [4.78, 5) is 72.3. The molecule has 0 aromatic carbocycles. The van der Waals surface area contributed by atoms with Crippen molar-refractivity contribution in [1.82, 2.24) is 0 Å². The lowest BCUT2D eigenvalue weighted by Gasteiger charge is -2.21. The van der Waals surface area contributed by atoms with Crippen LogP contribution in [-0.4, -0.2) is 96.7 Å². The highest BCUT2D eigenvalue weighted by atomic mass is 31.2. The van der Waals surface area contributed by atoms with Gasteiger partial charge in [0.2, 0.25) is 0 Å². The molecule has 0 bridgehead atoms. The largest absolute Gasteiger partial charge is 0.472 e. The molecule has 0 fully saturated rings. The number of hydrogen-bond donors (Lipinski definition) is 3. The van der Waals surface area contributed by atoms with Crippen molar-refractivity contribution >= 4 is 39.5 Å². The normalized spacial score (nSPS) is 14.1. The van der Waals surface area contributed by atoms with Gasteiger partial charge in [-0.05, 0) is 31.6 Å². The second-order valence-corrected chi connectivity index (χ2v) is 27.9. The lowest BCUT2D eigenvalue weighted by atomic mass is 10.0. The minimum atomic E-state index is -4.95. The van der Waals surface area contributed by atoms with Crippen molar-refractivity contribution in [3.05, 3.63) is 0 Å². The van der Waals surface area contributed by atoms with Gasteiger partial charge in [-0.2, -0.15) is 0 Å². The summed E-state index contributed by atoms with van der Waals surface area (Å²) >= 11 is 0.